The Kier molecular flexibility index (Phi) is 2.38. The monoisotopic (exact) mass is 213 g/mol. The van der Waals surface area contributed by atoms with Crippen LogP contribution in [0.4, 0.5) is 8.78 Å². The molecule has 0 aromatic heterocycles. The minimum atomic E-state index is -1.01. The van der Waals surface area contributed by atoms with Gasteiger partial charge in [-0.05, 0) is 13.0 Å². The third-order valence-corrected chi connectivity index (χ3v) is 2.68. The van der Waals surface area contributed by atoms with E-state index in [1.807, 2.05) is 0 Å². The highest BCUT2D eigenvalue weighted by atomic mass is 19.1. The molecule has 1 aliphatic heterocycles. The van der Waals surface area contributed by atoms with E-state index >= 15 is 0 Å². The van der Waals surface area contributed by atoms with Crippen LogP contribution in [-0.2, 0) is 0 Å². The van der Waals surface area contributed by atoms with Gasteiger partial charge >= 0.3 is 0 Å². The Morgan fingerprint density at radius 2 is 2.33 bits per heavy atom. The van der Waals surface area contributed by atoms with Crippen LogP contribution < -0.4 is 10.5 Å². The largest absolute Gasteiger partial charge is 0.481 e. The van der Waals surface area contributed by atoms with E-state index in [0.29, 0.717) is 12.0 Å². The molecule has 2 rings (SSSR count). The van der Waals surface area contributed by atoms with Gasteiger partial charge in [0, 0.05) is 18.0 Å². The maximum absolute atomic E-state index is 13.4. The summed E-state index contributed by atoms with van der Waals surface area (Å²) >= 11 is 0. The zero-order chi connectivity index (χ0) is 11.1. The lowest BCUT2D eigenvalue weighted by atomic mass is 9.90. The predicted octanol–water partition coefficient (Wildman–Crippen LogP) is 2.34. The normalized spacial score (nSPS) is 29.5. The summed E-state index contributed by atoms with van der Waals surface area (Å²) in [6, 6.07) is 4.21. The van der Waals surface area contributed by atoms with Gasteiger partial charge in [0.25, 0.3) is 0 Å². The molecule has 2 atom stereocenters. The first-order chi connectivity index (χ1) is 7.06. The molecule has 0 unspecified atom stereocenters. The zero-order valence-electron chi connectivity index (χ0n) is 8.47. The second-order valence-electron chi connectivity index (χ2n) is 4.15. The van der Waals surface area contributed by atoms with Crippen LogP contribution in [0.1, 0.15) is 24.9 Å². The average Bonchev–Trinajstić information content (AvgIpc) is 2.20. The first-order valence-electron chi connectivity index (χ1n) is 4.85. The van der Waals surface area contributed by atoms with E-state index in [4.69, 9.17) is 10.5 Å². The summed E-state index contributed by atoms with van der Waals surface area (Å²) in [5.41, 5.74) is 5.46. The fourth-order valence-corrected chi connectivity index (χ4v) is 1.87. The standard InChI is InChI=1S/C11H13F2NO/c1-11(6-12)5-9(14)7-3-2-4-8(13)10(7)15-11/h2-4,9H,5-6,14H2,1H3/t9-,11-/m1/s1. The number of hydrogen-bond acceptors (Lipinski definition) is 2. The number of fused-ring (bicyclic) bond motifs is 1. The fourth-order valence-electron chi connectivity index (χ4n) is 1.87. The predicted molar refractivity (Wildman–Crippen MR) is 53.0 cm³/mol. The van der Waals surface area contributed by atoms with Gasteiger partial charge in [0.05, 0.1) is 0 Å². The van der Waals surface area contributed by atoms with Crippen molar-refractivity contribution in [3.8, 4) is 5.75 Å². The molecular weight excluding hydrogens is 200 g/mol. The van der Waals surface area contributed by atoms with Crippen LogP contribution in [0.15, 0.2) is 18.2 Å². The minimum Gasteiger partial charge on any atom is -0.481 e. The Bertz CT molecular complexity index is 383. The van der Waals surface area contributed by atoms with Gasteiger partial charge in [0.2, 0.25) is 0 Å². The summed E-state index contributed by atoms with van der Waals surface area (Å²) in [7, 11) is 0. The van der Waals surface area contributed by atoms with Crippen molar-refractivity contribution in [1.29, 1.82) is 0 Å². The van der Waals surface area contributed by atoms with E-state index < -0.39 is 18.1 Å². The lowest BCUT2D eigenvalue weighted by molar-refractivity contribution is 0.0256. The topological polar surface area (TPSA) is 35.2 Å². The molecule has 1 aliphatic rings. The SMILES string of the molecule is C[C@]1(CF)C[C@@H](N)c2cccc(F)c2O1. The van der Waals surface area contributed by atoms with Crippen molar-refractivity contribution < 1.29 is 13.5 Å². The van der Waals surface area contributed by atoms with Gasteiger partial charge in [-0.1, -0.05) is 12.1 Å². The molecule has 4 heteroatoms. The second kappa shape index (κ2) is 3.45. The number of alkyl halides is 1. The van der Waals surface area contributed by atoms with Gasteiger partial charge in [-0.2, -0.15) is 0 Å². The number of nitrogens with two attached hydrogens (primary N) is 1. The molecular formula is C11H13F2NO. The van der Waals surface area contributed by atoms with E-state index in [9.17, 15) is 8.78 Å². The smallest absolute Gasteiger partial charge is 0.165 e. The van der Waals surface area contributed by atoms with Crippen molar-refractivity contribution in [1.82, 2.24) is 0 Å². The Morgan fingerprint density at radius 3 is 3.00 bits per heavy atom. The number of benzene rings is 1. The first-order valence-corrected chi connectivity index (χ1v) is 4.85. The van der Waals surface area contributed by atoms with Crippen LogP contribution >= 0.6 is 0 Å². The molecule has 0 saturated heterocycles. The Hall–Kier alpha value is -1.16. The van der Waals surface area contributed by atoms with Crippen molar-refractivity contribution in [2.45, 2.75) is 25.0 Å². The van der Waals surface area contributed by atoms with E-state index in [0.717, 1.165) is 0 Å². The summed E-state index contributed by atoms with van der Waals surface area (Å²) in [6.07, 6.45) is 0.361. The van der Waals surface area contributed by atoms with E-state index in [1.165, 1.54) is 6.07 Å². The molecule has 1 aromatic carbocycles. The van der Waals surface area contributed by atoms with Gasteiger partial charge in [0.1, 0.15) is 12.3 Å². The molecule has 0 radical (unpaired) electrons. The molecule has 2 N–H and O–H groups in total. The van der Waals surface area contributed by atoms with E-state index in [-0.39, 0.29) is 11.8 Å². The van der Waals surface area contributed by atoms with E-state index in [2.05, 4.69) is 0 Å². The minimum absolute atomic E-state index is 0.0939. The summed E-state index contributed by atoms with van der Waals surface area (Å²) < 4.78 is 31.5. The van der Waals surface area contributed by atoms with Crippen molar-refractivity contribution >= 4 is 0 Å². The number of hydrogen-bond donors (Lipinski definition) is 1. The molecule has 0 saturated carbocycles. The van der Waals surface area contributed by atoms with E-state index in [1.54, 1.807) is 19.1 Å². The molecule has 0 fully saturated rings. The average molecular weight is 213 g/mol. The highest BCUT2D eigenvalue weighted by Crippen LogP contribution is 2.39. The quantitative estimate of drug-likeness (QED) is 0.777. The molecule has 0 spiro atoms. The van der Waals surface area contributed by atoms with Crippen LogP contribution in [0.5, 0.6) is 5.75 Å². The number of halogens is 2. The number of para-hydroxylation sites is 1. The highest BCUT2D eigenvalue weighted by molar-refractivity contribution is 5.39. The van der Waals surface area contributed by atoms with Gasteiger partial charge in [0.15, 0.2) is 11.6 Å². The zero-order valence-corrected chi connectivity index (χ0v) is 8.47. The molecule has 2 nitrogen and oxygen atoms in total. The fraction of sp³-hybridized carbons (Fsp3) is 0.455. The van der Waals surface area contributed by atoms with Crippen LogP contribution in [0.2, 0.25) is 0 Å². The third-order valence-electron chi connectivity index (χ3n) is 2.68. The van der Waals surface area contributed by atoms with Crippen LogP contribution in [-0.4, -0.2) is 12.3 Å². The van der Waals surface area contributed by atoms with Gasteiger partial charge in [-0.15, -0.1) is 0 Å². The summed E-state index contributed by atoms with van der Waals surface area (Å²) in [5.74, 6) is -0.390. The summed E-state index contributed by atoms with van der Waals surface area (Å²) in [6.45, 7) is 0.927. The Morgan fingerprint density at radius 1 is 1.60 bits per heavy atom. The Balaban J connectivity index is 2.46. The van der Waals surface area contributed by atoms with Crippen molar-refractivity contribution in [3.05, 3.63) is 29.6 Å². The van der Waals surface area contributed by atoms with Gasteiger partial charge in [-0.3, -0.25) is 0 Å². The molecule has 0 amide bonds. The Labute approximate surface area is 87.0 Å². The molecule has 1 heterocycles. The molecule has 1 aromatic rings. The maximum atomic E-state index is 13.4. The molecule has 0 aliphatic carbocycles. The lowest BCUT2D eigenvalue weighted by Crippen LogP contribution is -2.42. The van der Waals surface area contributed by atoms with Gasteiger partial charge in [-0.25, -0.2) is 8.78 Å². The maximum Gasteiger partial charge on any atom is 0.165 e. The van der Waals surface area contributed by atoms with Gasteiger partial charge < -0.3 is 10.5 Å². The van der Waals surface area contributed by atoms with Crippen molar-refractivity contribution in [3.63, 3.8) is 0 Å². The van der Waals surface area contributed by atoms with Crippen molar-refractivity contribution in [2.24, 2.45) is 5.73 Å². The lowest BCUT2D eigenvalue weighted by Gasteiger charge is -2.36. The first kappa shape index (κ1) is 10.4. The number of rotatable bonds is 1. The molecule has 82 valence electrons. The molecule has 0 bridgehead atoms. The third kappa shape index (κ3) is 1.69. The number of ether oxygens (including phenoxy) is 1. The summed E-state index contributed by atoms with van der Waals surface area (Å²) in [4.78, 5) is 0. The van der Waals surface area contributed by atoms with Crippen molar-refractivity contribution in [2.75, 3.05) is 6.67 Å². The van der Waals surface area contributed by atoms with Crippen LogP contribution in [0.25, 0.3) is 0 Å². The van der Waals surface area contributed by atoms with Crippen LogP contribution in [0.3, 0.4) is 0 Å². The van der Waals surface area contributed by atoms with Crippen LogP contribution in [0, 0.1) is 5.82 Å². The second-order valence-corrected chi connectivity index (χ2v) is 4.15. The summed E-state index contributed by atoms with van der Waals surface area (Å²) in [5, 5.41) is 0. The molecule has 15 heavy (non-hydrogen) atoms. The highest BCUT2D eigenvalue weighted by Gasteiger charge is 2.37.